The molecular weight excluding hydrogens is 220 g/mol. The lowest BCUT2D eigenvalue weighted by molar-refractivity contribution is -0.117. The minimum absolute atomic E-state index is 0.248. The van der Waals surface area contributed by atoms with E-state index in [0.29, 0.717) is 6.42 Å². The van der Waals surface area contributed by atoms with Crippen LogP contribution in [0.2, 0.25) is 0 Å². The van der Waals surface area contributed by atoms with Crippen LogP contribution in [-0.4, -0.2) is 15.3 Å². The smallest absolute Gasteiger partial charge is 0.149 e. The molecule has 2 rings (SSSR count). The van der Waals surface area contributed by atoms with Crippen LogP contribution in [0.25, 0.3) is 10.7 Å². The van der Waals surface area contributed by atoms with Gasteiger partial charge in [0.15, 0.2) is 0 Å². The second-order valence-corrected chi connectivity index (χ2v) is 4.67. The number of carbonyl (C=O) groups is 1. The zero-order valence-electron chi connectivity index (χ0n) is 9.22. The molecule has 0 amide bonds. The number of imidazole rings is 1. The molecule has 0 N–H and O–H groups in total. The van der Waals surface area contributed by atoms with Gasteiger partial charge >= 0.3 is 0 Å². The van der Waals surface area contributed by atoms with Crippen molar-refractivity contribution in [2.45, 2.75) is 26.3 Å². The standard InChI is InChI=1S/C12H14N2OS/c1-10(15)4-2-7-14-8-6-13-12(14)11-5-3-9-16-11/h3,5-6,8-9H,2,4,7H2,1H3. The van der Waals surface area contributed by atoms with Gasteiger partial charge in [-0.05, 0) is 24.8 Å². The van der Waals surface area contributed by atoms with Crippen molar-refractivity contribution in [3.05, 3.63) is 29.9 Å². The van der Waals surface area contributed by atoms with Crippen LogP contribution in [0.3, 0.4) is 0 Å². The van der Waals surface area contributed by atoms with E-state index >= 15 is 0 Å². The SMILES string of the molecule is CC(=O)CCCn1ccnc1-c1cccs1. The number of aryl methyl sites for hydroxylation is 1. The summed E-state index contributed by atoms with van der Waals surface area (Å²) in [5.41, 5.74) is 0. The molecule has 16 heavy (non-hydrogen) atoms. The summed E-state index contributed by atoms with van der Waals surface area (Å²) in [5.74, 6) is 1.25. The molecule has 3 nitrogen and oxygen atoms in total. The number of Topliss-reactive ketones (excluding diaryl/α,β-unsaturated/α-hetero) is 1. The first-order valence-electron chi connectivity index (χ1n) is 5.32. The van der Waals surface area contributed by atoms with Crippen LogP contribution < -0.4 is 0 Å². The summed E-state index contributed by atoms with van der Waals surface area (Å²) >= 11 is 1.68. The first kappa shape index (κ1) is 11.1. The Kier molecular flexibility index (Phi) is 3.51. The van der Waals surface area contributed by atoms with Gasteiger partial charge in [-0.15, -0.1) is 11.3 Å². The summed E-state index contributed by atoms with van der Waals surface area (Å²) < 4.78 is 2.11. The highest BCUT2D eigenvalue weighted by Gasteiger charge is 2.06. The van der Waals surface area contributed by atoms with Gasteiger partial charge in [0.2, 0.25) is 0 Å². The fourth-order valence-electron chi connectivity index (χ4n) is 1.62. The third kappa shape index (κ3) is 2.58. The Morgan fingerprint density at radius 3 is 3.12 bits per heavy atom. The number of ketones is 1. The summed E-state index contributed by atoms with van der Waals surface area (Å²) in [7, 11) is 0. The fraction of sp³-hybridized carbons (Fsp3) is 0.333. The highest BCUT2D eigenvalue weighted by Crippen LogP contribution is 2.23. The van der Waals surface area contributed by atoms with Crippen LogP contribution in [-0.2, 0) is 11.3 Å². The molecule has 0 bridgehead atoms. The van der Waals surface area contributed by atoms with Crippen molar-refractivity contribution >= 4 is 17.1 Å². The number of nitrogens with zero attached hydrogens (tertiary/aromatic N) is 2. The van der Waals surface area contributed by atoms with Gasteiger partial charge in [-0.2, -0.15) is 0 Å². The van der Waals surface area contributed by atoms with Crippen molar-refractivity contribution in [2.24, 2.45) is 0 Å². The second kappa shape index (κ2) is 5.07. The summed E-state index contributed by atoms with van der Waals surface area (Å²) in [6, 6.07) is 4.09. The average Bonchev–Trinajstić information content (AvgIpc) is 2.84. The van der Waals surface area contributed by atoms with E-state index < -0.39 is 0 Å². The summed E-state index contributed by atoms with van der Waals surface area (Å²) in [6.07, 6.45) is 5.30. The molecule has 4 heteroatoms. The monoisotopic (exact) mass is 234 g/mol. The van der Waals surface area contributed by atoms with E-state index in [0.717, 1.165) is 18.8 Å². The third-order valence-corrected chi connectivity index (χ3v) is 3.25. The average molecular weight is 234 g/mol. The highest BCUT2D eigenvalue weighted by atomic mass is 32.1. The predicted octanol–water partition coefficient (Wildman–Crippen LogP) is 2.98. The topological polar surface area (TPSA) is 34.9 Å². The zero-order valence-corrected chi connectivity index (χ0v) is 10.0. The molecule has 0 saturated carbocycles. The first-order chi connectivity index (χ1) is 7.77. The molecule has 0 atom stereocenters. The van der Waals surface area contributed by atoms with Crippen molar-refractivity contribution < 1.29 is 4.79 Å². The Bertz CT molecular complexity index is 459. The van der Waals surface area contributed by atoms with Gasteiger partial charge in [0.25, 0.3) is 0 Å². The Labute approximate surface area is 98.8 Å². The Balaban J connectivity index is 2.05. The van der Waals surface area contributed by atoms with Crippen LogP contribution >= 0.6 is 11.3 Å². The van der Waals surface area contributed by atoms with E-state index in [2.05, 4.69) is 15.6 Å². The van der Waals surface area contributed by atoms with E-state index in [9.17, 15) is 4.79 Å². The molecule has 0 aliphatic heterocycles. The lowest BCUT2D eigenvalue weighted by Gasteiger charge is -2.05. The van der Waals surface area contributed by atoms with E-state index in [1.165, 1.54) is 4.88 Å². The molecule has 0 aliphatic rings. The largest absolute Gasteiger partial charge is 0.330 e. The first-order valence-corrected chi connectivity index (χ1v) is 6.20. The quantitative estimate of drug-likeness (QED) is 0.797. The molecule has 2 heterocycles. The minimum atomic E-state index is 0.248. The Hall–Kier alpha value is -1.42. The Morgan fingerprint density at radius 2 is 2.44 bits per heavy atom. The molecule has 0 radical (unpaired) electrons. The lowest BCUT2D eigenvalue weighted by atomic mass is 10.2. The van der Waals surface area contributed by atoms with Crippen molar-refractivity contribution in [3.63, 3.8) is 0 Å². The summed E-state index contributed by atoms with van der Waals surface area (Å²) in [4.78, 5) is 16.4. The normalized spacial score (nSPS) is 10.6. The maximum atomic E-state index is 10.9. The van der Waals surface area contributed by atoms with Crippen molar-refractivity contribution in [3.8, 4) is 10.7 Å². The number of hydrogen-bond donors (Lipinski definition) is 0. The molecular formula is C12H14N2OS. The van der Waals surface area contributed by atoms with Gasteiger partial charge < -0.3 is 9.36 Å². The molecule has 0 aromatic carbocycles. The van der Waals surface area contributed by atoms with Gasteiger partial charge in [-0.3, -0.25) is 0 Å². The molecule has 84 valence electrons. The van der Waals surface area contributed by atoms with Gasteiger partial charge in [0, 0.05) is 25.4 Å². The number of aromatic nitrogens is 2. The molecule has 0 aliphatic carbocycles. The van der Waals surface area contributed by atoms with Gasteiger partial charge in [0.05, 0.1) is 4.88 Å². The Morgan fingerprint density at radius 1 is 1.56 bits per heavy atom. The number of thiophene rings is 1. The second-order valence-electron chi connectivity index (χ2n) is 3.73. The number of rotatable bonds is 5. The molecule has 2 aromatic rings. The predicted molar refractivity (Wildman–Crippen MR) is 65.5 cm³/mol. The van der Waals surface area contributed by atoms with Gasteiger partial charge in [0.1, 0.15) is 11.6 Å². The van der Waals surface area contributed by atoms with Crippen molar-refractivity contribution in [2.75, 3.05) is 0 Å². The van der Waals surface area contributed by atoms with E-state index in [1.54, 1.807) is 18.3 Å². The molecule has 0 saturated heterocycles. The maximum Gasteiger partial charge on any atom is 0.149 e. The van der Waals surface area contributed by atoms with Crippen LogP contribution in [0.5, 0.6) is 0 Å². The van der Waals surface area contributed by atoms with E-state index in [4.69, 9.17) is 0 Å². The molecule has 0 unspecified atom stereocenters. The van der Waals surface area contributed by atoms with Gasteiger partial charge in [-0.25, -0.2) is 4.98 Å². The van der Waals surface area contributed by atoms with Crippen LogP contribution in [0.15, 0.2) is 29.9 Å². The molecule has 0 spiro atoms. The minimum Gasteiger partial charge on any atom is -0.330 e. The summed E-state index contributed by atoms with van der Waals surface area (Å²) in [6.45, 7) is 2.49. The number of carbonyl (C=O) groups excluding carboxylic acids is 1. The highest BCUT2D eigenvalue weighted by molar-refractivity contribution is 7.13. The van der Waals surface area contributed by atoms with Crippen LogP contribution in [0.1, 0.15) is 19.8 Å². The number of hydrogen-bond acceptors (Lipinski definition) is 3. The van der Waals surface area contributed by atoms with Crippen molar-refractivity contribution in [1.82, 2.24) is 9.55 Å². The van der Waals surface area contributed by atoms with Crippen LogP contribution in [0, 0.1) is 0 Å². The molecule has 2 aromatic heterocycles. The third-order valence-electron chi connectivity index (χ3n) is 2.38. The lowest BCUT2D eigenvalue weighted by Crippen LogP contribution is -2.01. The van der Waals surface area contributed by atoms with Crippen molar-refractivity contribution in [1.29, 1.82) is 0 Å². The molecule has 0 fully saturated rings. The summed E-state index contributed by atoms with van der Waals surface area (Å²) in [5, 5.41) is 2.05. The van der Waals surface area contributed by atoms with E-state index in [1.807, 2.05) is 23.8 Å². The van der Waals surface area contributed by atoms with Crippen LogP contribution in [0.4, 0.5) is 0 Å². The van der Waals surface area contributed by atoms with Gasteiger partial charge in [-0.1, -0.05) is 6.07 Å². The van der Waals surface area contributed by atoms with E-state index in [-0.39, 0.29) is 5.78 Å². The fourth-order valence-corrected chi connectivity index (χ4v) is 2.36. The zero-order chi connectivity index (χ0) is 11.4. The maximum absolute atomic E-state index is 10.9.